The summed E-state index contributed by atoms with van der Waals surface area (Å²) in [5.74, 6) is -0.607. The highest BCUT2D eigenvalue weighted by molar-refractivity contribution is 5.81. The lowest BCUT2D eigenvalue weighted by atomic mass is 10.3. The third-order valence-corrected chi connectivity index (χ3v) is 1.14. The van der Waals surface area contributed by atoms with E-state index in [1.807, 2.05) is 0 Å². The number of hydrogen-bond donors (Lipinski definition) is 0. The van der Waals surface area contributed by atoms with Crippen LogP contribution in [-0.4, -0.2) is 18.8 Å². The van der Waals surface area contributed by atoms with Crippen molar-refractivity contribution in [2.45, 2.75) is 25.9 Å². The number of carbonyl (C=O) groups is 1. The maximum Gasteiger partial charge on any atom is 0.389 e. The summed E-state index contributed by atoms with van der Waals surface area (Å²) >= 11 is 0. The Morgan fingerprint density at radius 1 is 1.46 bits per heavy atom. The summed E-state index contributed by atoms with van der Waals surface area (Å²) in [5.41, 5.74) is 0. The molecule has 2 nitrogen and oxygen atoms in total. The van der Waals surface area contributed by atoms with E-state index in [9.17, 15) is 18.0 Å². The molecule has 0 saturated carbocycles. The van der Waals surface area contributed by atoms with Crippen molar-refractivity contribution < 1.29 is 22.7 Å². The van der Waals surface area contributed by atoms with Crippen LogP contribution in [0.1, 0.15) is 19.8 Å². The maximum absolute atomic E-state index is 11.6. The monoisotopic (exact) mass is 196 g/mol. The van der Waals surface area contributed by atoms with Crippen molar-refractivity contribution in [2.75, 3.05) is 6.61 Å². The van der Waals surface area contributed by atoms with E-state index in [1.54, 1.807) is 6.92 Å². The van der Waals surface area contributed by atoms with Gasteiger partial charge in [-0.15, -0.1) is 0 Å². The zero-order valence-electron chi connectivity index (χ0n) is 7.23. The van der Waals surface area contributed by atoms with Gasteiger partial charge in [0.25, 0.3) is 0 Å². The number of halogens is 3. The van der Waals surface area contributed by atoms with E-state index in [4.69, 9.17) is 0 Å². The lowest BCUT2D eigenvalue weighted by Crippen LogP contribution is -2.05. The molecule has 0 aliphatic rings. The van der Waals surface area contributed by atoms with Crippen LogP contribution in [-0.2, 0) is 9.53 Å². The van der Waals surface area contributed by atoms with E-state index < -0.39 is 18.6 Å². The number of hydrogen-bond acceptors (Lipinski definition) is 2. The van der Waals surface area contributed by atoms with E-state index in [0.29, 0.717) is 0 Å². The molecule has 0 aromatic heterocycles. The molecular formula is C8H11F3O2. The van der Waals surface area contributed by atoms with Crippen molar-refractivity contribution >= 4 is 5.97 Å². The summed E-state index contributed by atoms with van der Waals surface area (Å²) in [4.78, 5) is 10.6. The largest absolute Gasteiger partial charge is 0.463 e. The Balaban J connectivity index is 3.58. The molecule has 0 atom stereocenters. The second kappa shape index (κ2) is 5.61. The third-order valence-electron chi connectivity index (χ3n) is 1.14. The molecule has 0 fully saturated rings. The van der Waals surface area contributed by atoms with Gasteiger partial charge in [-0.05, 0) is 13.3 Å². The van der Waals surface area contributed by atoms with Crippen molar-refractivity contribution in [3.63, 3.8) is 0 Å². The zero-order chi connectivity index (χ0) is 10.3. The normalized spacial score (nSPS) is 12.0. The van der Waals surface area contributed by atoms with Crippen LogP contribution in [0.3, 0.4) is 0 Å². The first-order chi connectivity index (χ1) is 5.95. The average Bonchev–Trinajstić information content (AvgIpc) is 1.97. The van der Waals surface area contributed by atoms with Crippen LogP contribution < -0.4 is 0 Å². The zero-order valence-corrected chi connectivity index (χ0v) is 7.23. The van der Waals surface area contributed by atoms with Gasteiger partial charge in [-0.25, -0.2) is 4.79 Å². The van der Waals surface area contributed by atoms with E-state index in [-0.39, 0.29) is 13.0 Å². The van der Waals surface area contributed by atoms with E-state index in [2.05, 4.69) is 4.74 Å². The summed E-state index contributed by atoms with van der Waals surface area (Å²) < 4.78 is 39.2. The van der Waals surface area contributed by atoms with Crippen LogP contribution in [0.15, 0.2) is 12.2 Å². The quantitative estimate of drug-likeness (QED) is 0.510. The van der Waals surface area contributed by atoms with Gasteiger partial charge in [-0.1, -0.05) is 6.08 Å². The third kappa shape index (κ3) is 8.91. The Kier molecular flexibility index (Phi) is 5.18. The minimum atomic E-state index is -4.17. The molecule has 0 aliphatic heterocycles. The van der Waals surface area contributed by atoms with Gasteiger partial charge < -0.3 is 4.74 Å². The second-order valence-corrected chi connectivity index (χ2v) is 2.31. The first-order valence-corrected chi connectivity index (χ1v) is 3.85. The Hall–Kier alpha value is -1.00. The maximum atomic E-state index is 11.6. The van der Waals surface area contributed by atoms with Crippen molar-refractivity contribution in [1.29, 1.82) is 0 Å². The second-order valence-electron chi connectivity index (χ2n) is 2.31. The van der Waals surface area contributed by atoms with Crippen LogP contribution in [0.2, 0.25) is 0 Å². The SMILES string of the molecule is CCOC(=O)C=CCCC(F)(F)F. The van der Waals surface area contributed by atoms with Gasteiger partial charge in [0, 0.05) is 12.5 Å². The predicted octanol–water partition coefficient (Wildman–Crippen LogP) is 2.45. The molecule has 0 radical (unpaired) electrons. The van der Waals surface area contributed by atoms with Gasteiger partial charge in [-0.2, -0.15) is 13.2 Å². The fraction of sp³-hybridized carbons (Fsp3) is 0.625. The number of allylic oxidation sites excluding steroid dienone is 1. The van der Waals surface area contributed by atoms with Gasteiger partial charge in [-0.3, -0.25) is 0 Å². The summed E-state index contributed by atoms with van der Waals surface area (Å²) in [5, 5.41) is 0. The molecule has 76 valence electrons. The van der Waals surface area contributed by atoms with Gasteiger partial charge in [0.2, 0.25) is 0 Å². The van der Waals surface area contributed by atoms with Crippen LogP contribution >= 0.6 is 0 Å². The Labute approximate surface area is 74.4 Å². The summed E-state index contributed by atoms with van der Waals surface area (Å²) in [7, 11) is 0. The molecular weight excluding hydrogens is 185 g/mol. The number of carbonyl (C=O) groups excluding carboxylic acids is 1. The molecule has 0 aliphatic carbocycles. The van der Waals surface area contributed by atoms with Crippen LogP contribution in [0.25, 0.3) is 0 Å². The molecule has 0 spiro atoms. The number of esters is 1. The summed E-state index contributed by atoms with van der Waals surface area (Å²) in [6.07, 6.45) is -3.11. The molecule has 5 heteroatoms. The molecule has 13 heavy (non-hydrogen) atoms. The fourth-order valence-electron chi connectivity index (χ4n) is 0.617. The summed E-state index contributed by atoms with van der Waals surface area (Å²) in [6.45, 7) is 1.85. The van der Waals surface area contributed by atoms with Crippen LogP contribution in [0.4, 0.5) is 13.2 Å². The molecule has 0 saturated heterocycles. The molecule has 0 bridgehead atoms. The predicted molar refractivity (Wildman–Crippen MR) is 41.1 cm³/mol. The van der Waals surface area contributed by atoms with Gasteiger partial charge in [0.15, 0.2) is 0 Å². The van der Waals surface area contributed by atoms with E-state index in [1.165, 1.54) is 0 Å². The standard InChI is InChI=1S/C8H11F3O2/c1-2-13-7(12)5-3-4-6-8(9,10)11/h3,5H,2,4,6H2,1H3. The van der Waals surface area contributed by atoms with Crippen molar-refractivity contribution in [1.82, 2.24) is 0 Å². The number of alkyl halides is 3. The average molecular weight is 196 g/mol. The number of ether oxygens (including phenoxy) is 1. The van der Waals surface area contributed by atoms with Gasteiger partial charge >= 0.3 is 12.1 Å². The van der Waals surface area contributed by atoms with E-state index >= 15 is 0 Å². The lowest BCUT2D eigenvalue weighted by molar-refractivity contribution is -0.138. The lowest BCUT2D eigenvalue weighted by Gasteiger charge is -2.01. The van der Waals surface area contributed by atoms with Gasteiger partial charge in [0.05, 0.1) is 6.61 Å². The van der Waals surface area contributed by atoms with Crippen LogP contribution in [0.5, 0.6) is 0 Å². The van der Waals surface area contributed by atoms with Crippen molar-refractivity contribution in [2.24, 2.45) is 0 Å². The molecule has 0 heterocycles. The van der Waals surface area contributed by atoms with Crippen molar-refractivity contribution in [3.8, 4) is 0 Å². The van der Waals surface area contributed by atoms with Crippen molar-refractivity contribution in [3.05, 3.63) is 12.2 Å². The topological polar surface area (TPSA) is 26.3 Å². The molecule has 0 unspecified atom stereocenters. The van der Waals surface area contributed by atoms with E-state index in [0.717, 1.165) is 12.2 Å². The highest BCUT2D eigenvalue weighted by atomic mass is 19.4. The van der Waals surface area contributed by atoms with Gasteiger partial charge in [0.1, 0.15) is 0 Å². The fourth-order valence-corrected chi connectivity index (χ4v) is 0.617. The van der Waals surface area contributed by atoms with Crippen LogP contribution in [0, 0.1) is 0 Å². The first-order valence-electron chi connectivity index (χ1n) is 3.85. The smallest absolute Gasteiger partial charge is 0.389 e. The highest BCUT2D eigenvalue weighted by Gasteiger charge is 2.25. The Bertz CT molecular complexity index is 184. The molecule has 0 aromatic carbocycles. The first kappa shape index (κ1) is 12.0. The highest BCUT2D eigenvalue weighted by Crippen LogP contribution is 2.21. The molecule has 0 N–H and O–H groups in total. The minimum Gasteiger partial charge on any atom is -0.463 e. The molecule has 0 rings (SSSR count). The minimum absolute atomic E-state index is 0.192. The molecule has 0 amide bonds. The summed E-state index contributed by atoms with van der Waals surface area (Å²) in [6, 6.07) is 0. The Morgan fingerprint density at radius 3 is 2.54 bits per heavy atom. The Morgan fingerprint density at radius 2 is 2.08 bits per heavy atom. The molecule has 0 aromatic rings. The number of rotatable bonds is 4.